The Labute approximate surface area is 70.0 Å². The Morgan fingerprint density at radius 3 is 2.75 bits per heavy atom. The second-order valence-electron chi connectivity index (χ2n) is 2.05. The van der Waals surface area contributed by atoms with Crippen LogP contribution in [0.1, 0.15) is 0 Å². The molecule has 0 fully saturated rings. The first-order valence-corrected chi connectivity index (χ1v) is 3.22. The van der Waals surface area contributed by atoms with Crippen molar-refractivity contribution in [3.8, 4) is 5.75 Å². The van der Waals surface area contributed by atoms with Gasteiger partial charge >= 0.3 is 7.32 Å². The normalized spacial score (nSPS) is 8.75. The summed E-state index contributed by atoms with van der Waals surface area (Å²) >= 11 is 0. The highest BCUT2D eigenvalue weighted by molar-refractivity contribution is 6.33. The summed E-state index contributed by atoms with van der Waals surface area (Å²) in [6, 6.07) is 6.16. The molecule has 0 saturated heterocycles. The van der Waals surface area contributed by atoms with Gasteiger partial charge in [-0.2, -0.15) is 0 Å². The summed E-state index contributed by atoms with van der Waals surface area (Å²) < 4.78 is 4.52. The van der Waals surface area contributed by atoms with Crippen LogP contribution in [0.5, 0.6) is 5.75 Å². The number of benzene rings is 1. The Morgan fingerprint density at radius 2 is 2.17 bits per heavy atom. The van der Waals surface area contributed by atoms with E-state index in [4.69, 9.17) is 16.6 Å². The third-order valence-electron chi connectivity index (χ3n) is 1.19. The minimum atomic E-state index is -1.84. The number of hydrogen-bond acceptors (Lipinski definition) is 3. The summed E-state index contributed by atoms with van der Waals surface area (Å²) in [6.07, 6.45) is 0. The minimum Gasteiger partial charge on any atom is -0.513 e. The van der Waals surface area contributed by atoms with Crippen LogP contribution in [0, 0.1) is 6.57 Å². The van der Waals surface area contributed by atoms with Crippen molar-refractivity contribution in [2.24, 2.45) is 0 Å². The third kappa shape index (κ3) is 2.27. The van der Waals surface area contributed by atoms with Crippen LogP contribution in [0.15, 0.2) is 24.3 Å². The molecule has 2 N–H and O–H groups in total. The third-order valence-corrected chi connectivity index (χ3v) is 1.19. The summed E-state index contributed by atoms with van der Waals surface area (Å²) in [4.78, 5) is 3.15. The average molecular weight is 163 g/mol. The fourth-order valence-electron chi connectivity index (χ4n) is 0.748. The van der Waals surface area contributed by atoms with E-state index in [0.717, 1.165) is 0 Å². The van der Waals surface area contributed by atoms with Gasteiger partial charge in [-0.05, 0) is 12.1 Å². The number of rotatable bonds is 2. The first-order chi connectivity index (χ1) is 5.72. The predicted molar refractivity (Wildman–Crippen MR) is 43.5 cm³/mol. The zero-order chi connectivity index (χ0) is 8.97. The van der Waals surface area contributed by atoms with Crippen LogP contribution in [-0.4, -0.2) is 17.4 Å². The molecule has 0 aliphatic carbocycles. The van der Waals surface area contributed by atoms with E-state index < -0.39 is 7.32 Å². The van der Waals surface area contributed by atoms with E-state index in [1.54, 1.807) is 12.1 Å². The lowest BCUT2D eigenvalue weighted by atomic mass is 10.2. The minimum absolute atomic E-state index is 0.263. The maximum Gasteiger partial charge on any atom is 0.707 e. The van der Waals surface area contributed by atoms with Crippen LogP contribution in [0.3, 0.4) is 0 Å². The summed E-state index contributed by atoms with van der Waals surface area (Å²) in [7, 11) is -1.84. The van der Waals surface area contributed by atoms with Gasteiger partial charge in [0.1, 0.15) is 0 Å². The molecule has 0 aliphatic heterocycles. The fourth-order valence-corrected chi connectivity index (χ4v) is 0.748. The van der Waals surface area contributed by atoms with Crippen molar-refractivity contribution in [2.45, 2.75) is 0 Å². The molecule has 0 aliphatic rings. The molecule has 1 rings (SSSR count). The summed E-state index contributed by atoms with van der Waals surface area (Å²) in [5.74, 6) is 0.263. The van der Waals surface area contributed by atoms with Crippen molar-refractivity contribution >= 4 is 13.0 Å². The smallest absolute Gasteiger partial charge is 0.513 e. The van der Waals surface area contributed by atoms with Gasteiger partial charge in [-0.1, -0.05) is 12.1 Å². The molecule has 0 unspecified atom stereocenters. The van der Waals surface area contributed by atoms with E-state index in [2.05, 4.69) is 9.50 Å². The topological polar surface area (TPSA) is 54.0 Å². The fraction of sp³-hybridized carbons (Fsp3) is 0. The van der Waals surface area contributed by atoms with Crippen molar-refractivity contribution in [2.75, 3.05) is 0 Å². The lowest BCUT2D eigenvalue weighted by Crippen LogP contribution is -2.20. The van der Waals surface area contributed by atoms with Gasteiger partial charge in [0.05, 0.1) is 12.3 Å². The van der Waals surface area contributed by atoms with E-state index in [1.807, 2.05) is 0 Å². The van der Waals surface area contributed by atoms with Crippen LogP contribution in [0.25, 0.3) is 4.85 Å². The molecule has 4 nitrogen and oxygen atoms in total. The largest absolute Gasteiger partial charge is 0.707 e. The van der Waals surface area contributed by atoms with Crippen molar-refractivity contribution in [3.05, 3.63) is 35.7 Å². The summed E-state index contributed by atoms with van der Waals surface area (Å²) in [5.41, 5.74) is 0.396. The van der Waals surface area contributed by atoms with Crippen molar-refractivity contribution < 1.29 is 14.7 Å². The lowest BCUT2D eigenvalue weighted by Gasteiger charge is -2.03. The van der Waals surface area contributed by atoms with Crippen LogP contribution >= 0.6 is 0 Å². The van der Waals surface area contributed by atoms with Crippen LogP contribution in [0.4, 0.5) is 5.69 Å². The van der Waals surface area contributed by atoms with Gasteiger partial charge in [0.25, 0.3) is 0 Å². The zero-order valence-electron chi connectivity index (χ0n) is 6.14. The molecule has 0 saturated carbocycles. The second kappa shape index (κ2) is 3.76. The monoisotopic (exact) mass is 163 g/mol. The van der Waals surface area contributed by atoms with Gasteiger partial charge < -0.3 is 14.7 Å². The SMILES string of the molecule is [C-]#[N+]c1cccc(OB(O)O)c1. The summed E-state index contributed by atoms with van der Waals surface area (Å²) in [5, 5.41) is 16.9. The molecule has 5 heteroatoms. The average Bonchev–Trinajstić information content (AvgIpc) is 2.03. The van der Waals surface area contributed by atoms with Crippen LogP contribution in [0.2, 0.25) is 0 Å². The van der Waals surface area contributed by atoms with Gasteiger partial charge in [0, 0.05) is 0 Å². The lowest BCUT2D eigenvalue weighted by molar-refractivity contribution is 0.288. The van der Waals surface area contributed by atoms with Gasteiger partial charge in [-0.3, -0.25) is 0 Å². The molecule has 12 heavy (non-hydrogen) atoms. The molecule has 0 aromatic heterocycles. The van der Waals surface area contributed by atoms with E-state index >= 15 is 0 Å². The molecule has 0 heterocycles. The first-order valence-electron chi connectivity index (χ1n) is 3.22. The van der Waals surface area contributed by atoms with E-state index in [-0.39, 0.29) is 5.75 Å². The number of nitrogens with zero attached hydrogens (tertiary/aromatic N) is 1. The highest BCUT2D eigenvalue weighted by Crippen LogP contribution is 2.19. The van der Waals surface area contributed by atoms with Crippen LogP contribution < -0.4 is 4.65 Å². The van der Waals surface area contributed by atoms with Gasteiger partial charge in [0.15, 0.2) is 5.69 Å². The van der Waals surface area contributed by atoms with E-state index in [0.29, 0.717) is 5.69 Å². The van der Waals surface area contributed by atoms with Crippen LogP contribution in [-0.2, 0) is 0 Å². The van der Waals surface area contributed by atoms with Crippen molar-refractivity contribution in [3.63, 3.8) is 0 Å². The quantitative estimate of drug-likeness (QED) is 0.495. The molecule has 0 atom stereocenters. The van der Waals surface area contributed by atoms with Gasteiger partial charge in [-0.25, -0.2) is 4.85 Å². The Bertz CT molecular complexity index is 308. The van der Waals surface area contributed by atoms with Gasteiger partial charge in [0.2, 0.25) is 0 Å². The molecule has 60 valence electrons. The Hall–Kier alpha value is -1.51. The maximum atomic E-state index is 8.43. The molecule has 0 radical (unpaired) electrons. The molecule has 0 spiro atoms. The molecular weight excluding hydrogens is 157 g/mol. The van der Waals surface area contributed by atoms with Crippen molar-refractivity contribution in [1.29, 1.82) is 0 Å². The standard InChI is InChI=1S/C7H6BNO3/c1-9-6-3-2-4-7(5-6)12-8(10)11/h2-5,10-11H. The predicted octanol–water partition coefficient (Wildman–Crippen LogP) is 0.586. The Balaban J connectivity index is 2.81. The maximum absolute atomic E-state index is 8.43. The van der Waals surface area contributed by atoms with Gasteiger partial charge in [-0.15, -0.1) is 0 Å². The highest BCUT2D eigenvalue weighted by Gasteiger charge is 2.10. The zero-order valence-corrected chi connectivity index (χ0v) is 6.14. The highest BCUT2D eigenvalue weighted by atomic mass is 16.6. The first kappa shape index (κ1) is 8.59. The molecule has 1 aromatic carbocycles. The molecule has 1 aromatic rings. The van der Waals surface area contributed by atoms with Crippen molar-refractivity contribution in [1.82, 2.24) is 0 Å². The summed E-state index contributed by atoms with van der Waals surface area (Å²) in [6.45, 7) is 6.67. The Kier molecular flexibility index (Phi) is 2.69. The molecule has 0 bridgehead atoms. The van der Waals surface area contributed by atoms with E-state index in [1.165, 1.54) is 12.1 Å². The molecule has 0 amide bonds. The molecular formula is C7H6BNO3. The van der Waals surface area contributed by atoms with E-state index in [9.17, 15) is 0 Å². The second-order valence-corrected chi connectivity index (χ2v) is 2.05. The Morgan fingerprint density at radius 1 is 1.42 bits per heavy atom. The number of hydrogen-bond donors (Lipinski definition) is 2.